The second-order valence-corrected chi connectivity index (χ2v) is 8.49. The first-order valence-corrected chi connectivity index (χ1v) is 10.6. The van der Waals surface area contributed by atoms with Gasteiger partial charge in [0.25, 0.3) is 0 Å². The van der Waals surface area contributed by atoms with Gasteiger partial charge in [-0.2, -0.15) is 5.10 Å². The van der Waals surface area contributed by atoms with E-state index < -0.39 is 6.04 Å². The van der Waals surface area contributed by atoms with Gasteiger partial charge in [-0.25, -0.2) is 0 Å². The summed E-state index contributed by atoms with van der Waals surface area (Å²) in [5, 5.41) is 7.35. The molecule has 1 aliphatic heterocycles. The van der Waals surface area contributed by atoms with Gasteiger partial charge in [0.1, 0.15) is 6.04 Å². The molecule has 1 aliphatic carbocycles. The van der Waals surface area contributed by atoms with Crippen LogP contribution in [0.15, 0.2) is 30.3 Å². The number of aromatic nitrogens is 2. The van der Waals surface area contributed by atoms with Gasteiger partial charge >= 0.3 is 0 Å². The van der Waals surface area contributed by atoms with Crippen LogP contribution in [-0.2, 0) is 20.9 Å². The Balaban J connectivity index is 1.45. The van der Waals surface area contributed by atoms with E-state index >= 15 is 0 Å². The first kappa shape index (κ1) is 20.3. The monoisotopic (exact) mass is 408 g/mol. The number of fused-ring (bicyclic) bond motifs is 1. The van der Waals surface area contributed by atoms with E-state index in [2.05, 4.69) is 10.4 Å². The van der Waals surface area contributed by atoms with Crippen LogP contribution >= 0.6 is 0 Å². The molecule has 158 valence electrons. The fraction of sp³-hybridized carbons (Fsp3) is 0.478. The molecule has 1 N–H and O–H groups in total. The van der Waals surface area contributed by atoms with Gasteiger partial charge in [0.15, 0.2) is 0 Å². The number of aryl methyl sites for hydroxylation is 2. The van der Waals surface area contributed by atoms with E-state index in [0.29, 0.717) is 12.2 Å². The maximum absolute atomic E-state index is 12.8. The highest BCUT2D eigenvalue weighted by molar-refractivity contribution is 6.09. The van der Waals surface area contributed by atoms with Gasteiger partial charge in [0.05, 0.1) is 24.1 Å². The van der Waals surface area contributed by atoms with Gasteiger partial charge < -0.3 is 5.32 Å². The Morgan fingerprint density at radius 3 is 2.40 bits per heavy atom. The van der Waals surface area contributed by atoms with E-state index in [9.17, 15) is 14.4 Å². The van der Waals surface area contributed by atoms with Crippen molar-refractivity contribution < 1.29 is 14.4 Å². The van der Waals surface area contributed by atoms with Crippen LogP contribution in [0.5, 0.6) is 0 Å². The van der Waals surface area contributed by atoms with Crippen molar-refractivity contribution in [1.82, 2.24) is 14.7 Å². The third-order valence-corrected chi connectivity index (χ3v) is 6.27. The topological polar surface area (TPSA) is 84.3 Å². The molecule has 2 heterocycles. The van der Waals surface area contributed by atoms with Crippen molar-refractivity contribution in [2.75, 3.05) is 5.32 Å². The minimum absolute atomic E-state index is 0.189. The van der Waals surface area contributed by atoms with Crippen molar-refractivity contribution in [3.8, 4) is 0 Å². The molecule has 2 aromatic rings. The Morgan fingerprint density at radius 1 is 1.13 bits per heavy atom. The van der Waals surface area contributed by atoms with Crippen LogP contribution < -0.4 is 5.32 Å². The third kappa shape index (κ3) is 3.76. The molecule has 3 atom stereocenters. The van der Waals surface area contributed by atoms with Gasteiger partial charge in [0.2, 0.25) is 17.7 Å². The molecule has 1 aromatic heterocycles. The van der Waals surface area contributed by atoms with Crippen molar-refractivity contribution in [2.45, 2.75) is 59.0 Å². The van der Waals surface area contributed by atoms with Crippen LogP contribution in [0.2, 0.25) is 0 Å². The molecule has 0 bridgehead atoms. The third-order valence-electron chi connectivity index (χ3n) is 6.27. The summed E-state index contributed by atoms with van der Waals surface area (Å²) in [5.74, 6) is -1.22. The molecule has 0 radical (unpaired) electrons. The number of nitrogens with one attached hydrogen (secondary N) is 1. The van der Waals surface area contributed by atoms with Crippen LogP contribution in [0.3, 0.4) is 0 Å². The normalized spacial score (nSPS) is 22.2. The van der Waals surface area contributed by atoms with Crippen LogP contribution in [0.4, 0.5) is 5.69 Å². The van der Waals surface area contributed by atoms with Gasteiger partial charge in [-0.1, -0.05) is 25.0 Å². The van der Waals surface area contributed by atoms with Crippen LogP contribution in [0.1, 0.15) is 49.6 Å². The second kappa shape index (κ2) is 8.05. The zero-order chi connectivity index (χ0) is 21.4. The Labute approximate surface area is 176 Å². The number of rotatable bonds is 5. The quantitative estimate of drug-likeness (QED) is 0.771. The Morgan fingerprint density at radius 2 is 1.80 bits per heavy atom. The first-order valence-electron chi connectivity index (χ1n) is 10.6. The molecule has 3 unspecified atom stereocenters. The van der Waals surface area contributed by atoms with Crippen molar-refractivity contribution in [1.29, 1.82) is 0 Å². The molecule has 7 nitrogen and oxygen atoms in total. The summed E-state index contributed by atoms with van der Waals surface area (Å²) in [5.41, 5.74) is 3.68. The molecule has 0 spiro atoms. The number of amides is 3. The molecule has 1 saturated carbocycles. The van der Waals surface area contributed by atoms with E-state index in [-0.39, 0.29) is 29.6 Å². The van der Waals surface area contributed by atoms with E-state index in [4.69, 9.17) is 0 Å². The van der Waals surface area contributed by atoms with Crippen molar-refractivity contribution >= 4 is 23.4 Å². The number of anilines is 1. The highest BCUT2D eigenvalue weighted by atomic mass is 16.2. The summed E-state index contributed by atoms with van der Waals surface area (Å²) < 4.78 is 1.92. The number of imide groups is 1. The number of benzene rings is 1. The van der Waals surface area contributed by atoms with Gasteiger partial charge in [-0.3, -0.25) is 24.0 Å². The van der Waals surface area contributed by atoms with E-state index in [1.807, 2.05) is 48.9 Å². The maximum atomic E-state index is 12.8. The predicted molar refractivity (Wildman–Crippen MR) is 113 cm³/mol. The summed E-state index contributed by atoms with van der Waals surface area (Å²) in [6.07, 6.45) is 3.43. The number of hydrogen-bond donors (Lipinski definition) is 1. The molecule has 3 amide bonds. The molecule has 2 aliphatic rings. The molecular formula is C23H28N4O3. The average molecular weight is 409 g/mol. The molecule has 7 heteroatoms. The molecule has 30 heavy (non-hydrogen) atoms. The number of carbonyl (C=O) groups excluding carboxylic acids is 3. The lowest BCUT2D eigenvalue weighted by Gasteiger charge is -2.22. The summed E-state index contributed by atoms with van der Waals surface area (Å²) in [6, 6.07) is 8.76. The predicted octanol–water partition coefficient (Wildman–Crippen LogP) is 3.05. The summed E-state index contributed by atoms with van der Waals surface area (Å²) in [7, 11) is 0. The van der Waals surface area contributed by atoms with Crippen LogP contribution in [-0.4, -0.2) is 38.4 Å². The average Bonchev–Trinajstić information content (AvgIpc) is 3.17. The summed E-state index contributed by atoms with van der Waals surface area (Å²) in [6.45, 7) is 6.20. The van der Waals surface area contributed by atoms with Crippen molar-refractivity contribution in [2.24, 2.45) is 11.8 Å². The Kier molecular flexibility index (Phi) is 5.45. The standard InChI is InChI=1S/C23H28N4O3/c1-14-11-15(2)26(25-14)13-17-7-6-8-18(12-17)24-21(28)16(3)27-22(29)19-9-4-5-10-20(19)23(27)30/h6-8,11-12,16,19-20H,4-5,9-10,13H2,1-3H3,(H,24,28). The highest BCUT2D eigenvalue weighted by Gasteiger charge is 2.50. The van der Waals surface area contributed by atoms with E-state index in [1.165, 1.54) is 4.90 Å². The molecule has 4 rings (SSSR count). The second-order valence-electron chi connectivity index (χ2n) is 8.49. The molecule has 1 saturated heterocycles. The zero-order valence-electron chi connectivity index (χ0n) is 17.7. The van der Waals surface area contributed by atoms with Crippen molar-refractivity contribution in [3.63, 3.8) is 0 Å². The fourth-order valence-corrected chi connectivity index (χ4v) is 4.69. The van der Waals surface area contributed by atoms with E-state index in [1.54, 1.807) is 6.92 Å². The Hall–Kier alpha value is -2.96. The summed E-state index contributed by atoms with van der Waals surface area (Å²) in [4.78, 5) is 39.5. The molecule has 1 aromatic carbocycles. The largest absolute Gasteiger partial charge is 0.324 e. The SMILES string of the molecule is Cc1cc(C)n(Cc2cccc(NC(=O)C(C)N3C(=O)C4CCCCC4C3=O)c2)n1. The van der Waals surface area contributed by atoms with Gasteiger partial charge in [-0.15, -0.1) is 0 Å². The number of nitrogens with zero attached hydrogens (tertiary/aromatic N) is 3. The number of likely N-dealkylation sites (tertiary alicyclic amines) is 1. The Bertz CT molecular complexity index is 972. The molecular weight excluding hydrogens is 380 g/mol. The highest BCUT2D eigenvalue weighted by Crippen LogP contribution is 2.38. The van der Waals surface area contributed by atoms with Crippen LogP contribution in [0, 0.1) is 25.7 Å². The maximum Gasteiger partial charge on any atom is 0.247 e. The minimum atomic E-state index is -0.824. The van der Waals surface area contributed by atoms with E-state index in [0.717, 1.165) is 42.6 Å². The molecule has 2 fully saturated rings. The van der Waals surface area contributed by atoms with Crippen LogP contribution in [0.25, 0.3) is 0 Å². The minimum Gasteiger partial charge on any atom is -0.324 e. The first-order chi connectivity index (χ1) is 14.3. The lowest BCUT2D eigenvalue weighted by molar-refractivity contribution is -0.146. The zero-order valence-corrected chi connectivity index (χ0v) is 17.7. The number of hydrogen-bond acceptors (Lipinski definition) is 4. The van der Waals surface area contributed by atoms with Gasteiger partial charge in [-0.05, 0) is 57.4 Å². The van der Waals surface area contributed by atoms with Gasteiger partial charge in [0, 0.05) is 11.4 Å². The fourth-order valence-electron chi connectivity index (χ4n) is 4.69. The van der Waals surface area contributed by atoms with Crippen molar-refractivity contribution in [3.05, 3.63) is 47.3 Å². The lowest BCUT2D eigenvalue weighted by atomic mass is 9.81. The summed E-state index contributed by atoms with van der Waals surface area (Å²) >= 11 is 0. The smallest absolute Gasteiger partial charge is 0.247 e. The lowest BCUT2D eigenvalue weighted by Crippen LogP contribution is -2.46. The number of carbonyl (C=O) groups is 3.